The van der Waals surface area contributed by atoms with Crippen molar-refractivity contribution in [3.63, 3.8) is 0 Å². The van der Waals surface area contributed by atoms with Crippen molar-refractivity contribution in [3.05, 3.63) is 64.1 Å². The summed E-state index contributed by atoms with van der Waals surface area (Å²) in [5.41, 5.74) is 3.55. The minimum atomic E-state index is -0.470. The van der Waals surface area contributed by atoms with Gasteiger partial charge in [0, 0.05) is 30.6 Å². The average Bonchev–Trinajstić information content (AvgIpc) is 3.46. The summed E-state index contributed by atoms with van der Waals surface area (Å²) in [6.07, 6.45) is 13.5. The quantitative estimate of drug-likeness (QED) is 0.549. The maximum atomic E-state index is 13.1. The van der Waals surface area contributed by atoms with Crippen LogP contribution in [0.15, 0.2) is 36.2 Å². The van der Waals surface area contributed by atoms with Gasteiger partial charge in [0.15, 0.2) is 5.69 Å². The van der Waals surface area contributed by atoms with Gasteiger partial charge in [-0.1, -0.05) is 18.9 Å². The van der Waals surface area contributed by atoms with Crippen molar-refractivity contribution in [3.8, 4) is 0 Å². The van der Waals surface area contributed by atoms with E-state index in [0.29, 0.717) is 25.2 Å². The van der Waals surface area contributed by atoms with E-state index in [9.17, 15) is 9.59 Å². The molecular weight excluding hydrogens is 456 g/mol. The molecule has 1 fully saturated rings. The standard InChI is InChI=1S/C27H34N6O3/c1-4-9-21-22-18(2)15-32(19(22)3)27(10-5-6-11-27)16-33-20-14-28-17-30-23(20)25(34)24(31-33)26(35)29-12-7-8-13-36-21/h4,14-15,17,21H,1,5-13,16H2,2-3H3,(H,29,35). The summed E-state index contributed by atoms with van der Waals surface area (Å²) in [6, 6.07) is 0. The fourth-order valence-corrected chi connectivity index (χ4v) is 5.99. The maximum Gasteiger partial charge on any atom is 0.275 e. The van der Waals surface area contributed by atoms with Crippen LogP contribution in [0.25, 0.3) is 11.0 Å². The largest absolute Gasteiger partial charge is 0.373 e. The third-order valence-corrected chi connectivity index (χ3v) is 7.70. The lowest BCUT2D eigenvalue weighted by Gasteiger charge is -2.34. The second-order valence-corrected chi connectivity index (χ2v) is 10.1. The fourth-order valence-electron chi connectivity index (χ4n) is 5.99. The number of fused-ring (bicyclic) bond motifs is 7. The number of rotatable bonds is 2. The van der Waals surface area contributed by atoms with E-state index in [1.165, 1.54) is 23.1 Å². The first-order valence-corrected chi connectivity index (χ1v) is 12.9. The highest BCUT2D eigenvalue weighted by atomic mass is 16.5. The predicted octanol–water partition coefficient (Wildman–Crippen LogP) is 3.73. The van der Waals surface area contributed by atoms with Gasteiger partial charge in [0.2, 0.25) is 5.43 Å². The van der Waals surface area contributed by atoms with Crippen LogP contribution < -0.4 is 10.7 Å². The molecule has 5 rings (SSSR count). The Kier molecular flexibility index (Phi) is 6.75. The molecule has 0 saturated heterocycles. The van der Waals surface area contributed by atoms with Gasteiger partial charge >= 0.3 is 0 Å². The molecule has 4 heterocycles. The van der Waals surface area contributed by atoms with Crippen LogP contribution in [-0.4, -0.2) is 43.4 Å². The zero-order valence-corrected chi connectivity index (χ0v) is 21.1. The van der Waals surface area contributed by atoms with Crippen molar-refractivity contribution in [2.75, 3.05) is 13.2 Å². The van der Waals surface area contributed by atoms with Crippen molar-refractivity contribution in [1.82, 2.24) is 29.6 Å². The summed E-state index contributed by atoms with van der Waals surface area (Å²) in [5.74, 6) is -0.470. The average molecular weight is 491 g/mol. The Morgan fingerprint density at radius 2 is 2.03 bits per heavy atom. The highest BCUT2D eigenvalue weighted by molar-refractivity contribution is 5.94. The Labute approximate surface area is 210 Å². The molecule has 1 saturated carbocycles. The summed E-state index contributed by atoms with van der Waals surface area (Å²) in [5, 5.41) is 7.47. The first kappa shape index (κ1) is 24.4. The molecule has 36 heavy (non-hydrogen) atoms. The monoisotopic (exact) mass is 490 g/mol. The molecule has 1 N–H and O–H groups in total. The molecule has 1 spiro atoms. The van der Waals surface area contributed by atoms with Crippen molar-refractivity contribution in [2.45, 2.75) is 77.0 Å². The molecule has 190 valence electrons. The van der Waals surface area contributed by atoms with Crippen LogP contribution in [0.4, 0.5) is 0 Å². The third-order valence-electron chi connectivity index (χ3n) is 7.70. The van der Waals surface area contributed by atoms with Gasteiger partial charge in [0.1, 0.15) is 17.4 Å². The van der Waals surface area contributed by atoms with Gasteiger partial charge in [-0.2, -0.15) is 5.10 Å². The Balaban J connectivity index is 1.70. The van der Waals surface area contributed by atoms with Crippen LogP contribution in [0.5, 0.6) is 0 Å². The van der Waals surface area contributed by atoms with Crippen molar-refractivity contribution in [1.29, 1.82) is 0 Å². The molecule has 1 aliphatic heterocycles. The highest BCUT2D eigenvalue weighted by Crippen LogP contribution is 2.42. The molecule has 0 aromatic carbocycles. The van der Waals surface area contributed by atoms with E-state index in [0.717, 1.165) is 44.9 Å². The number of ether oxygens (including phenoxy) is 1. The summed E-state index contributed by atoms with van der Waals surface area (Å²) in [6.45, 7) is 9.82. The van der Waals surface area contributed by atoms with E-state index in [4.69, 9.17) is 4.74 Å². The summed E-state index contributed by atoms with van der Waals surface area (Å²) in [7, 11) is 0. The predicted molar refractivity (Wildman–Crippen MR) is 137 cm³/mol. The van der Waals surface area contributed by atoms with Crippen LogP contribution in [0, 0.1) is 13.8 Å². The van der Waals surface area contributed by atoms with E-state index in [1.54, 1.807) is 10.9 Å². The summed E-state index contributed by atoms with van der Waals surface area (Å²) in [4.78, 5) is 34.6. The van der Waals surface area contributed by atoms with Gasteiger partial charge in [0.05, 0.1) is 24.4 Å². The lowest BCUT2D eigenvalue weighted by molar-refractivity contribution is 0.0509. The second kappa shape index (κ2) is 9.97. The number of aromatic nitrogens is 5. The van der Waals surface area contributed by atoms with Gasteiger partial charge < -0.3 is 14.6 Å². The maximum absolute atomic E-state index is 13.1. The lowest BCUT2D eigenvalue weighted by Crippen LogP contribution is -2.39. The van der Waals surface area contributed by atoms with Gasteiger partial charge in [0.25, 0.3) is 5.91 Å². The van der Waals surface area contributed by atoms with Crippen LogP contribution in [0.3, 0.4) is 0 Å². The molecule has 1 aliphatic carbocycles. The van der Waals surface area contributed by atoms with Gasteiger partial charge in [-0.15, -0.1) is 6.58 Å². The van der Waals surface area contributed by atoms with E-state index in [1.807, 2.05) is 6.08 Å². The number of aryl methyl sites for hydroxylation is 1. The second-order valence-electron chi connectivity index (χ2n) is 10.1. The van der Waals surface area contributed by atoms with Gasteiger partial charge in [-0.05, 0) is 51.5 Å². The lowest BCUT2D eigenvalue weighted by atomic mass is 9.96. The number of hydrogen-bond donors (Lipinski definition) is 1. The van der Waals surface area contributed by atoms with Crippen LogP contribution in [0.1, 0.15) is 78.4 Å². The molecule has 1 unspecified atom stereocenters. The van der Waals surface area contributed by atoms with Crippen molar-refractivity contribution >= 4 is 16.9 Å². The number of nitrogens with zero attached hydrogens (tertiary/aromatic N) is 5. The fraction of sp³-hybridized carbons (Fsp3) is 0.519. The molecule has 9 nitrogen and oxygen atoms in total. The van der Waals surface area contributed by atoms with Crippen LogP contribution >= 0.6 is 0 Å². The van der Waals surface area contributed by atoms with Gasteiger partial charge in [-0.3, -0.25) is 14.3 Å². The molecule has 0 radical (unpaired) electrons. The molecule has 9 heteroatoms. The summed E-state index contributed by atoms with van der Waals surface area (Å²) < 4.78 is 10.5. The van der Waals surface area contributed by atoms with Crippen molar-refractivity contribution < 1.29 is 9.53 Å². The van der Waals surface area contributed by atoms with E-state index >= 15 is 0 Å². The van der Waals surface area contributed by atoms with Gasteiger partial charge in [-0.25, -0.2) is 9.97 Å². The number of amides is 1. The number of hydrogen-bond acceptors (Lipinski definition) is 6. The summed E-state index contributed by atoms with van der Waals surface area (Å²) >= 11 is 0. The minimum Gasteiger partial charge on any atom is -0.373 e. The molecule has 2 aliphatic rings. The zero-order valence-electron chi connectivity index (χ0n) is 21.1. The topological polar surface area (TPSA) is 104 Å². The normalized spacial score (nSPS) is 20.5. The third kappa shape index (κ3) is 4.25. The molecule has 1 atom stereocenters. The number of carbonyl (C=O) groups is 1. The van der Waals surface area contributed by atoms with Crippen LogP contribution in [0.2, 0.25) is 0 Å². The van der Waals surface area contributed by atoms with E-state index < -0.39 is 11.3 Å². The Hall–Kier alpha value is -3.33. The molecule has 1 amide bonds. The first-order valence-electron chi connectivity index (χ1n) is 12.9. The Morgan fingerprint density at radius 3 is 2.81 bits per heavy atom. The highest BCUT2D eigenvalue weighted by Gasteiger charge is 2.39. The van der Waals surface area contributed by atoms with E-state index in [-0.39, 0.29) is 22.9 Å². The van der Waals surface area contributed by atoms with Crippen LogP contribution in [-0.2, 0) is 16.8 Å². The van der Waals surface area contributed by atoms with E-state index in [2.05, 4.69) is 51.6 Å². The number of nitrogens with one attached hydrogen (secondary N) is 1. The first-order chi connectivity index (χ1) is 17.4. The van der Waals surface area contributed by atoms with Crippen molar-refractivity contribution in [2.24, 2.45) is 0 Å². The zero-order chi connectivity index (χ0) is 25.3. The Morgan fingerprint density at radius 1 is 1.22 bits per heavy atom. The molecular formula is C27H34N6O3. The smallest absolute Gasteiger partial charge is 0.275 e. The molecule has 4 bridgehead atoms. The molecule has 3 aromatic heterocycles. The SMILES string of the molecule is C=CCC1OCCCCNC(=O)c2nn(c3cncnc3c2=O)CC2(CCCC2)n2cc(C)c1c2C. The minimum absolute atomic E-state index is 0.0592. The number of carbonyl (C=O) groups excluding carboxylic acids is 1. The Bertz CT molecular complexity index is 1350. The molecule has 3 aromatic rings.